The second-order valence-electron chi connectivity index (χ2n) is 6.32. The number of hydrogen-bond acceptors (Lipinski definition) is 4. The van der Waals surface area contributed by atoms with Crippen LogP contribution in [0.1, 0.15) is 42.9 Å². The van der Waals surface area contributed by atoms with Crippen molar-refractivity contribution < 1.29 is 4.79 Å². The maximum Gasteiger partial charge on any atom is 0.253 e. The van der Waals surface area contributed by atoms with Crippen molar-refractivity contribution in [3.63, 3.8) is 0 Å². The highest BCUT2D eigenvalue weighted by Crippen LogP contribution is 2.19. The maximum atomic E-state index is 12.6. The highest BCUT2D eigenvalue weighted by atomic mass is 16.1. The molecule has 1 atom stereocenters. The number of hydrogen-bond donors (Lipinski definition) is 1. The van der Waals surface area contributed by atoms with Crippen molar-refractivity contribution in [2.75, 3.05) is 0 Å². The van der Waals surface area contributed by atoms with Gasteiger partial charge in [0.05, 0.1) is 24.0 Å². The van der Waals surface area contributed by atoms with Gasteiger partial charge in [-0.25, -0.2) is 9.67 Å². The molecule has 0 aliphatic rings. The van der Waals surface area contributed by atoms with Crippen LogP contribution in [0, 0.1) is 6.92 Å². The number of aromatic nitrogens is 5. The van der Waals surface area contributed by atoms with E-state index < -0.39 is 0 Å². The van der Waals surface area contributed by atoms with Crippen LogP contribution >= 0.6 is 0 Å². The highest BCUT2D eigenvalue weighted by molar-refractivity contribution is 5.98. The minimum absolute atomic E-state index is 0.0362. The maximum absolute atomic E-state index is 12.6. The molecule has 0 fully saturated rings. The van der Waals surface area contributed by atoms with Crippen LogP contribution in [-0.2, 0) is 6.54 Å². The Balaban J connectivity index is 1.80. The molecular formula is C17H22N6O. The number of carbonyl (C=O) groups is 1. The zero-order valence-electron chi connectivity index (χ0n) is 14.4. The van der Waals surface area contributed by atoms with E-state index in [1.54, 1.807) is 17.1 Å². The Morgan fingerprint density at radius 1 is 1.29 bits per heavy atom. The number of nitrogens with one attached hydrogen (secondary N) is 1. The van der Waals surface area contributed by atoms with Crippen LogP contribution in [0.25, 0.3) is 11.0 Å². The molecule has 0 saturated carbocycles. The highest BCUT2D eigenvalue weighted by Gasteiger charge is 2.17. The summed E-state index contributed by atoms with van der Waals surface area (Å²) in [6, 6.07) is 3.91. The van der Waals surface area contributed by atoms with Crippen molar-refractivity contribution in [1.29, 1.82) is 0 Å². The average Bonchev–Trinajstić information content (AvgIpc) is 3.14. The second kappa shape index (κ2) is 6.43. The molecule has 1 N–H and O–H groups in total. The van der Waals surface area contributed by atoms with E-state index in [-0.39, 0.29) is 18.0 Å². The third kappa shape index (κ3) is 3.15. The summed E-state index contributed by atoms with van der Waals surface area (Å²) in [5.41, 5.74) is 2.09. The zero-order valence-corrected chi connectivity index (χ0v) is 14.4. The largest absolute Gasteiger partial charge is 0.348 e. The number of amides is 1. The number of pyridine rings is 1. The average molecular weight is 326 g/mol. The first-order valence-corrected chi connectivity index (χ1v) is 8.09. The summed E-state index contributed by atoms with van der Waals surface area (Å²) in [5.74, 6) is -0.126. The molecule has 0 saturated heterocycles. The molecule has 0 bridgehead atoms. The topological polar surface area (TPSA) is 77.6 Å². The summed E-state index contributed by atoms with van der Waals surface area (Å²) < 4.78 is 3.66. The molecule has 7 nitrogen and oxygen atoms in total. The first kappa shape index (κ1) is 16.2. The van der Waals surface area contributed by atoms with Gasteiger partial charge in [-0.1, -0.05) is 0 Å². The van der Waals surface area contributed by atoms with Gasteiger partial charge in [0.2, 0.25) is 0 Å². The summed E-state index contributed by atoms with van der Waals surface area (Å²) in [5, 5.41) is 12.4. The lowest BCUT2D eigenvalue weighted by molar-refractivity contribution is 0.0935. The van der Waals surface area contributed by atoms with Crippen molar-refractivity contribution in [1.82, 2.24) is 29.9 Å². The summed E-state index contributed by atoms with van der Waals surface area (Å²) in [6.07, 6.45) is 5.36. The molecule has 0 radical (unpaired) electrons. The predicted octanol–water partition coefficient (Wildman–Crippen LogP) is 2.34. The van der Waals surface area contributed by atoms with Crippen molar-refractivity contribution in [3.05, 3.63) is 42.0 Å². The van der Waals surface area contributed by atoms with Gasteiger partial charge < -0.3 is 5.32 Å². The van der Waals surface area contributed by atoms with Gasteiger partial charge in [-0.05, 0) is 39.8 Å². The SMILES string of the molecule is Cc1nc2c(cnn2C(C)C)cc1C(=O)N[C@H](C)Cn1cccn1. The second-order valence-corrected chi connectivity index (χ2v) is 6.32. The molecule has 24 heavy (non-hydrogen) atoms. The van der Waals surface area contributed by atoms with Crippen molar-refractivity contribution in [3.8, 4) is 0 Å². The van der Waals surface area contributed by atoms with Gasteiger partial charge in [0.1, 0.15) is 0 Å². The Kier molecular flexibility index (Phi) is 4.33. The molecule has 3 heterocycles. The number of nitrogens with zero attached hydrogens (tertiary/aromatic N) is 5. The van der Waals surface area contributed by atoms with Crippen LogP contribution < -0.4 is 5.32 Å². The Morgan fingerprint density at radius 3 is 2.75 bits per heavy atom. The smallest absolute Gasteiger partial charge is 0.253 e. The van der Waals surface area contributed by atoms with Gasteiger partial charge in [-0.3, -0.25) is 9.48 Å². The van der Waals surface area contributed by atoms with E-state index in [2.05, 4.69) is 34.3 Å². The molecule has 3 aromatic rings. The third-order valence-electron chi connectivity index (χ3n) is 3.89. The standard InChI is InChI=1S/C17H22N6O/c1-11(2)23-16-14(9-19-23)8-15(13(4)21-16)17(24)20-12(3)10-22-7-5-6-18-22/h5-9,11-12H,10H2,1-4H3,(H,20,24)/t12-/m1/s1. The molecule has 7 heteroatoms. The van der Waals surface area contributed by atoms with Gasteiger partial charge in [0.15, 0.2) is 5.65 Å². The molecular weight excluding hydrogens is 304 g/mol. The van der Waals surface area contributed by atoms with E-state index in [9.17, 15) is 4.79 Å². The van der Waals surface area contributed by atoms with Crippen LogP contribution in [-0.4, -0.2) is 36.5 Å². The van der Waals surface area contributed by atoms with Gasteiger partial charge >= 0.3 is 0 Å². The first-order valence-electron chi connectivity index (χ1n) is 8.09. The van der Waals surface area contributed by atoms with Crippen LogP contribution in [0.4, 0.5) is 0 Å². The van der Waals surface area contributed by atoms with Crippen molar-refractivity contribution in [2.24, 2.45) is 0 Å². The van der Waals surface area contributed by atoms with Gasteiger partial charge in [0, 0.05) is 29.9 Å². The monoisotopic (exact) mass is 326 g/mol. The fraction of sp³-hybridized carbons (Fsp3) is 0.412. The van der Waals surface area contributed by atoms with Gasteiger partial charge in [0.25, 0.3) is 5.91 Å². The molecule has 3 rings (SSSR count). The fourth-order valence-corrected chi connectivity index (χ4v) is 2.71. The van der Waals surface area contributed by atoms with Gasteiger partial charge in [-0.2, -0.15) is 10.2 Å². The van der Waals surface area contributed by atoms with E-state index >= 15 is 0 Å². The number of rotatable bonds is 5. The molecule has 1 amide bonds. The van der Waals surface area contributed by atoms with E-state index in [4.69, 9.17) is 0 Å². The zero-order chi connectivity index (χ0) is 17.3. The van der Waals surface area contributed by atoms with E-state index in [1.165, 1.54) is 0 Å². The normalized spacial score (nSPS) is 12.7. The quantitative estimate of drug-likeness (QED) is 0.780. The molecule has 0 aromatic carbocycles. The molecule has 0 aliphatic carbocycles. The van der Waals surface area contributed by atoms with E-state index in [1.807, 2.05) is 36.9 Å². The van der Waals surface area contributed by atoms with Crippen LogP contribution in [0.3, 0.4) is 0 Å². The minimum Gasteiger partial charge on any atom is -0.348 e. The molecule has 3 aromatic heterocycles. The number of carbonyl (C=O) groups excluding carboxylic acids is 1. The van der Waals surface area contributed by atoms with Crippen LogP contribution in [0.5, 0.6) is 0 Å². The Bertz CT molecular complexity index is 849. The summed E-state index contributed by atoms with van der Waals surface area (Å²) in [7, 11) is 0. The van der Waals surface area contributed by atoms with Crippen molar-refractivity contribution >= 4 is 16.9 Å². The number of aryl methyl sites for hydroxylation is 1. The number of fused-ring (bicyclic) bond motifs is 1. The Morgan fingerprint density at radius 2 is 2.08 bits per heavy atom. The Labute approximate surface area is 140 Å². The molecule has 0 spiro atoms. The lowest BCUT2D eigenvalue weighted by Gasteiger charge is -2.15. The summed E-state index contributed by atoms with van der Waals surface area (Å²) in [6.45, 7) is 8.54. The third-order valence-corrected chi connectivity index (χ3v) is 3.89. The molecule has 0 aliphatic heterocycles. The minimum atomic E-state index is -0.126. The fourth-order valence-electron chi connectivity index (χ4n) is 2.71. The summed E-state index contributed by atoms with van der Waals surface area (Å²) in [4.78, 5) is 17.2. The first-order chi connectivity index (χ1) is 11.5. The van der Waals surface area contributed by atoms with Crippen LogP contribution in [0.2, 0.25) is 0 Å². The van der Waals surface area contributed by atoms with Crippen LogP contribution in [0.15, 0.2) is 30.7 Å². The lowest BCUT2D eigenvalue weighted by Crippen LogP contribution is -2.36. The van der Waals surface area contributed by atoms with E-state index in [0.29, 0.717) is 17.8 Å². The molecule has 126 valence electrons. The van der Waals surface area contributed by atoms with E-state index in [0.717, 1.165) is 11.0 Å². The van der Waals surface area contributed by atoms with Gasteiger partial charge in [-0.15, -0.1) is 0 Å². The van der Waals surface area contributed by atoms with Crippen molar-refractivity contribution in [2.45, 2.75) is 46.3 Å². The lowest BCUT2D eigenvalue weighted by atomic mass is 10.1. The molecule has 0 unspecified atom stereocenters. The summed E-state index contributed by atoms with van der Waals surface area (Å²) >= 11 is 0. The predicted molar refractivity (Wildman–Crippen MR) is 91.8 cm³/mol. The Hall–Kier alpha value is -2.70.